The lowest BCUT2D eigenvalue weighted by Crippen LogP contribution is -2.38. The lowest BCUT2D eigenvalue weighted by Gasteiger charge is -2.13. The third kappa shape index (κ3) is 8.48. The Morgan fingerprint density at radius 3 is 2.52 bits per heavy atom. The summed E-state index contributed by atoms with van der Waals surface area (Å²) in [5, 5.41) is 10.1. The molecule has 0 fully saturated rings. The molecule has 1 aromatic heterocycles. The zero-order valence-electron chi connectivity index (χ0n) is 21.9. The zero-order chi connectivity index (χ0) is 28.5. The molecule has 40 heavy (non-hydrogen) atoms. The van der Waals surface area contributed by atoms with E-state index in [-0.39, 0.29) is 11.8 Å². The van der Waals surface area contributed by atoms with Crippen molar-refractivity contribution in [1.82, 2.24) is 30.1 Å². The quantitative estimate of drug-likeness (QED) is 0.150. The molecule has 0 aliphatic heterocycles. The van der Waals surface area contributed by atoms with E-state index < -0.39 is 6.36 Å². The van der Waals surface area contributed by atoms with Crippen LogP contribution in [0.4, 0.5) is 18.0 Å². The summed E-state index contributed by atoms with van der Waals surface area (Å²) in [5.41, 5.74) is 3.40. The van der Waals surface area contributed by atoms with Gasteiger partial charge in [-0.1, -0.05) is 50.2 Å². The minimum atomic E-state index is -4.75. The lowest BCUT2D eigenvalue weighted by molar-refractivity contribution is -0.274. The molecule has 0 unspecified atom stereocenters. The van der Waals surface area contributed by atoms with Gasteiger partial charge in [-0.05, 0) is 65.4 Å². The maximum Gasteiger partial charge on any atom is 0.573 e. The highest BCUT2D eigenvalue weighted by Gasteiger charge is 2.31. The molecule has 0 atom stereocenters. The summed E-state index contributed by atoms with van der Waals surface area (Å²) in [5.74, 6) is 0.551. The van der Waals surface area contributed by atoms with Crippen LogP contribution in [-0.2, 0) is 6.54 Å². The van der Waals surface area contributed by atoms with Crippen molar-refractivity contribution >= 4 is 18.0 Å². The average Bonchev–Trinajstić information content (AvgIpc) is 3.42. The third-order valence-corrected chi connectivity index (χ3v) is 6.64. The summed E-state index contributed by atoms with van der Waals surface area (Å²) >= 11 is 1.56. The van der Waals surface area contributed by atoms with E-state index in [2.05, 4.69) is 56.2 Å². The average molecular weight is 571 g/mol. The van der Waals surface area contributed by atoms with Crippen molar-refractivity contribution in [3.05, 3.63) is 90.3 Å². The molecule has 12 heteroatoms. The van der Waals surface area contributed by atoms with Gasteiger partial charge in [-0.25, -0.2) is 14.5 Å². The first-order valence-electron chi connectivity index (χ1n) is 12.6. The molecule has 0 radical (unpaired) electrons. The molecule has 1 heterocycles. The van der Waals surface area contributed by atoms with Gasteiger partial charge < -0.3 is 15.4 Å². The number of ether oxygens (including phenoxy) is 1. The molecule has 4 aromatic rings. The molecular formula is C28H29F3N6O2S. The monoisotopic (exact) mass is 570 g/mol. The maximum atomic E-state index is 12.4. The Bertz CT molecular complexity index is 1410. The predicted octanol–water partition coefficient (Wildman–Crippen LogP) is 6.05. The van der Waals surface area contributed by atoms with Gasteiger partial charge in [-0.2, -0.15) is 0 Å². The molecule has 0 saturated carbocycles. The Balaban J connectivity index is 1.23. The number of carbonyl (C=O) groups is 1. The number of alkyl halides is 3. The Morgan fingerprint density at radius 2 is 1.77 bits per heavy atom. The van der Waals surface area contributed by atoms with Crippen LogP contribution in [0.2, 0.25) is 0 Å². The smallest absolute Gasteiger partial charge is 0.406 e. The number of hydrogen-bond donors (Lipinski definition) is 3. The summed E-state index contributed by atoms with van der Waals surface area (Å²) in [6, 6.07) is 20.7. The van der Waals surface area contributed by atoms with Crippen molar-refractivity contribution < 1.29 is 22.7 Å². The number of hydrogen-bond acceptors (Lipinski definition) is 6. The van der Waals surface area contributed by atoms with Gasteiger partial charge in [0.2, 0.25) is 0 Å². The Kier molecular flexibility index (Phi) is 9.67. The number of urea groups is 1. The van der Waals surface area contributed by atoms with E-state index in [0.29, 0.717) is 37.1 Å². The van der Waals surface area contributed by atoms with Crippen molar-refractivity contribution in [3.8, 4) is 22.8 Å². The van der Waals surface area contributed by atoms with Crippen LogP contribution < -0.4 is 20.1 Å². The van der Waals surface area contributed by atoms with Crippen LogP contribution in [0.5, 0.6) is 5.75 Å². The predicted molar refractivity (Wildman–Crippen MR) is 148 cm³/mol. The van der Waals surface area contributed by atoms with Crippen LogP contribution in [0.3, 0.4) is 0 Å². The molecule has 8 nitrogen and oxygen atoms in total. The first kappa shape index (κ1) is 29.0. The standard InChI is InChI=1S/C28H29F3N6O2S/c1-19(2)24-8-3-4-9-25(24)40-35-15-14-32-27(38)33-17-20-6-5-7-21(16-20)26-34-18-37(36-26)22-10-12-23(13-11-22)39-28(29,30)31/h3-13,16,18-19,35H,14-15,17H2,1-2H3,(H2,32,33,38). The van der Waals surface area contributed by atoms with Crippen LogP contribution in [-0.4, -0.2) is 40.2 Å². The maximum absolute atomic E-state index is 12.4. The fraction of sp³-hybridized carbons (Fsp3) is 0.250. The number of amides is 2. The van der Waals surface area contributed by atoms with Gasteiger partial charge >= 0.3 is 12.4 Å². The van der Waals surface area contributed by atoms with Gasteiger partial charge in [0, 0.05) is 30.1 Å². The second-order valence-electron chi connectivity index (χ2n) is 9.05. The highest BCUT2D eigenvalue weighted by Crippen LogP contribution is 2.26. The Morgan fingerprint density at radius 1 is 1.00 bits per heavy atom. The normalized spacial score (nSPS) is 11.4. The summed E-state index contributed by atoms with van der Waals surface area (Å²) < 4.78 is 45.8. The molecule has 4 rings (SSSR count). The number of benzene rings is 3. The van der Waals surface area contributed by atoms with E-state index in [9.17, 15) is 18.0 Å². The summed E-state index contributed by atoms with van der Waals surface area (Å²) in [4.78, 5) is 17.7. The number of nitrogens with one attached hydrogen (secondary N) is 3. The van der Waals surface area contributed by atoms with Gasteiger partial charge in [-0.15, -0.1) is 18.3 Å². The number of aromatic nitrogens is 3. The lowest BCUT2D eigenvalue weighted by atomic mass is 10.0. The minimum Gasteiger partial charge on any atom is -0.406 e. The van der Waals surface area contributed by atoms with Gasteiger partial charge in [0.05, 0.1) is 5.69 Å². The topological polar surface area (TPSA) is 93.1 Å². The fourth-order valence-electron chi connectivity index (χ4n) is 3.79. The second-order valence-corrected chi connectivity index (χ2v) is 9.99. The van der Waals surface area contributed by atoms with Gasteiger partial charge in [0.25, 0.3) is 0 Å². The SMILES string of the molecule is CC(C)c1ccccc1SNCCNC(=O)NCc1cccc(-c2ncn(-c3ccc(OC(F)(F)F)cc3)n2)c1. The molecule has 3 N–H and O–H groups in total. The number of halogens is 3. The second kappa shape index (κ2) is 13.4. The van der Waals surface area contributed by atoms with Crippen molar-refractivity contribution in [1.29, 1.82) is 0 Å². The van der Waals surface area contributed by atoms with Crippen LogP contribution >= 0.6 is 11.9 Å². The largest absolute Gasteiger partial charge is 0.573 e. The van der Waals surface area contributed by atoms with Crippen LogP contribution in [0, 0.1) is 0 Å². The molecular weight excluding hydrogens is 541 g/mol. The third-order valence-electron chi connectivity index (χ3n) is 5.70. The molecule has 0 spiro atoms. The van der Waals surface area contributed by atoms with Crippen molar-refractivity contribution in [2.45, 2.75) is 37.6 Å². The molecule has 0 saturated heterocycles. The van der Waals surface area contributed by atoms with E-state index in [1.807, 2.05) is 36.4 Å². The van der Waals surface area contributed by atoms with E-state index in [0.717, 1.165) is 11.1 Å². The van der Waals surface area contributed by atoms with Crippen molar-refractivity contribution in [2.24, 2.45) is 0 Å². The molecule has 3 aromatic carbocycles. The summed E-state index contributed by atoms with van der Waals surface area (Å²) in [6.07, 6.45) is -3.28. The highest BCUT2D eigenvalue weighted by atomic mass is 32.2. The van der Waals surface area contributed by atoms with Gasteiger partial charge in [0.15, 0.2) is 5.82 Å². The Hall–Kier alpha value is -4.03. The van der Waals surface area contributed by atoms with Crippen LogP contribution in [0.15, 0.2) is 84.0 Å². The van der Waals surface area contributed by atoms with E-state index in [1.54, 1.807) is 11.9 Å². The van der Waals surface area contributed by atoms with E-state index in [4.69, 9.17) is 0 Å². The molecule has 0 bridgehead atoms. The first-order chi connectivity index (χ1) is 19.2. The van der Waals surface area contributed by atoms with Gasteiger partial charge in [-0.3, -0.25) is 4.72 Å². The number of carbonyl (C=O) groups excluding carboxylic acids is 1. The Labute approximate surface area is 234 Å². The van der Waals surface area contributed by atoms with Crippen LogP contribution in [0.1, 0.15) is 30.9 Å². The minimum absolute atomic E-state index is 0.278. The molecule has 2 amide bonds. The number of rotatable bonds is 11. The van der Waals surface area contributed by atoms with Gasteiger partial charge in [0.1, 0.15) is 12.1 Å². The van der Waals surface area contributed by atoms with E-state index in [1.165, 1.54) is 45.7 Å². The fourth-order valence-corrected chi connectivity index (χ4v) is 4.72. The molecule has 0 aliphatic carbocycles. The van der Waals surface area contributed by atoms with Crippen molar-refractivity contribution in [2.75, 3.05) is 13.1 Å². The molecule has 0 aliphatic rings. The molecule has 210 valence electrons. The zero-order valence-corrected chi connectivity index (χ0v) is 22.7. The van der Waals surface area contributed by atoms with Crippen molar-refractivity contribution in [3.63, 3.8) is 0 Å². The van der Waals surface area contributed by atoms with Crippen LogP contribution in [0.25, 0.3) is 17.1 Å². The number of nitrogens with zero attached hydrogens (tertiary/aromatic N) is 3. The summed E-state index contributed by atoms with van der Waals surface area (Å²) in [7, 11) is 0. The first-order valence-corrected chi connectivity index (χ1v) is 13.4. The highest BCUT2D eigenvalue weighted by molar-refractivity contribution is 7.97. The van der Waals surface area contributed by atoms with E-state index >= 15 is 0 Å². The summed E-state index contributed by atoms with van der Waals surface area (Å²) in [6.45, 7) is 5.70.